The van der Waals surface area contributed by atoms with E-state index in [-0.39, 0.29) is 11.1 Å². The van der Waals surface area contributed by atoms with Crippen molar-refractivity contribution in [2.75, 3.05) is 29.6 Å². The first kappa shape index (κ1) is 14.9. The first-order valence-corrected chi connectivity index (χ1v) is 7.21. The third-order valence-corrected chi connectivity index (χ3v) is 3.94. The Balaban J connectivity index is 1.70. The summed E-state index contributed by atoms with van der Waals surface area (Å²) in [6.45, 7) is 2.33. The molecule has 2 aromatic rings. The van der Waals surface area contributed by atoms with Crippen LogP contribution in [0.15, 0.2) is 48.5 Å². The van der Waals surface area contributed by atoms with Gasteiger partial charge in [-0.2, -0.15) is 0 Å². The van der Waals surface area contributed by atoms with E-state index >= 15 is 0 Å². The van der Waals surface area contributed by atoms with Crippen LogP contribution >= 0.6 is 0 Å². The topological polar surface area (TPSA) is 81.1 Å². The fraction of sp³-hybridized carbons (Fsp3) is 0.176. The van der Waals surface area contributed by atoms with Crippen LogP contribution in [0.4, 0.5) is 11.4 Å². The zero-order valence-electron chi connectivity index (χ0n) is 12.3. The van der Waals surface area contributed by atoms with Crippen molar-refractivity contribution in [2.24, 2.45) is 0 Å². The maximum absolute atomic E-state index is 10.9. The molecule has 0 amide bonds. The summed E-state index contributed by atoms with van der Waals surface area (Å²) in [4.78, 5) is 26.1. The van der Waals surface area contributed by atoms with Crippen LogP contribution in [0.1, 0.15) is 20.7 Å². The molecule has 1 fully saturated rings. The molecule has 0 spiro atoms. The standard InChI is InChI=1S/C17H16N2O4/c20-16(21)12-1-5-14(6-2-12)18-9-10-19(11-18)15-7-3-13(4-8-15)17(22)23/h1-8H,9-11H2,(H,20,21)(H,22,23). The van der Waals surface area contributed by atoms with Gasteiger partial charge >= 0.3 is 11.9 Å². The minimum absolute atomic E-state index is 0.272. The van der Waals surface area contributed by atoms with Crippen molar-refractivity contribution in [2.45, 2.75) is 0 Å². The third kappa shape index (κ3) is 3.11. The predicted molar refractivity (Wildman–Crippen MR) is 86.4 cm³/mol. The minimum Gasteiger partial charge on any atom is -0.478 e. The van der Waals surface area contributed by atoms with Gasteiger partial charge in [0.05, 0.1) is 17.8 Å². The molecule has 2 N–H and O–H groups in total. The zero-order valence-corrected chi connectivity index (χ0v) is 12.3. The summed E-state index contributed by atoms with van der Waals surface area (Å²) in [6, 6.07) is 13.6. The largest absolute Gasteiger partial charge is 0.478 e. The van der Waals surface area contributed by atoms with Crippen molar-refractivity contribution in [1.29, 1.82) is 0 Å². The number of rotatable bonds is 4. The molecule has 1 heterocycles. The van der Waals surface area contributed by atoms with Gasteiger partial charge in [-0.1, -0.05) is 0 Å². The molecule has 3 rings (SSSR count). The summed E-state index contributed by atoms with van der Waals surface area (Å²) in [6.07, 6.45) is 0. The summed E-state index contributed by atoms with van der Waals surface area (Å²) in [5.74, 6) is -1.86. The smallest absolute Gasteiger partial charge is 0.335 e. The maximum Gasteiger partial charge on any atom is 0.335 e. The van der Waals surface area contributed by atoms with Crippen molar-refractivity contribution in [3.05, 3.63) is 59.7 Å². The van der Waals surface area contributed by atoms with Crippen molar-refractivity contribution in [1.82, 2.24) is 0 Å². The summed E-state index contributed by atoms with van der Waals surface area (Å²) in [5.41, 5.74) is 2.49. The Morgan fingerprint density at radius 1 is 0.696 bits per heavy atom. The molecule has 6 nitrogen and oxygen atoms in total. The Hall–Kier alpha value is -3.02. The van der Waals surface area contributed by atoms with Gasteiger partial charge in [0.1, 0.15) is 0 Å². The molecule has 0 saturated carbocycles. The van der Waals surface area contributed by atoms with Crippen LogP contribution in [0, 0.1) is 0 Å². The molecule has 0 bridgehead atoms. The molecule has 1 aliphatic rings. The van der Waals surface area contributed by atoms with Crippen LogP contribution in [0.2, 0.25) is 0 Å². The van der Waals surface area contributed by atoms with Crippen LogP contribution < -0.4 is 9.80 Å². The van der Waals surface area contributed by atoms with Gasteiger partial charge in [-0.25, -0.2) is 9.59 Å². The minimum atomic E-state index is -0.932. The van der Waals surface area contributed by atoms with Gasteiger partial charge in [0.15, 0.2) is 0 Å². The van der Waals surface area contributed by atoms with E-state index in [2.05, 4.69) is 9.80 Å². The molecule has 23 heavy (non-hydrogen) atoms. The van der Waals surface area contributed by atoms with Gasteiger partial charge in [-0.05, 0) is 48.5 Å². The Bertz CT molecular complexity index is 662. The number of carbonyl (C=O) groups is 2. The van der Waals surface area contributed by atoms with E-state index < -0.39 is 11.9 Å². The van der Waals surface area contributed by atoms with Crippen molar-refractivity contribution < 1.29 is 19.8 Å². The second-order valence-corrected chi connectivity index (χ2v) is 5.37. The normalized spacial score (nSPS) is 14.1. The molecule has 0 radical (unpaired) electrons. The van der Waals surface area contributed by atoms with Gasteiger partial charge in [0.25, 0.3) is 0 Å². The summed E-state index contributed by atoms with van der Waals surface area (Å²) in [5, 5.41) is 17.9. The Morgan fingerprint density at radius 3 is 1.35 bits per heavy atom. The number of hydrogen-bond donors (Lipinski definition) is 2. The summed E-state index contributed by atoms with van der Waals surface area (Å²) >= 11 is 0. The average Bonchev–Trinajstić information content (AvgIpc) is 3.05. The maximum atomic E-state index is 10.9. The second kappa shape index (κ2) is 6.00. The van der Waals surface area contributed by atoms with Gasteiger partial charge < -0.3 is 20.0 Å². The van der Waals surface area contributed by atoms with Crippen LogP contribution in [0.5, 0.6) is 0 Å². The van der Waals surface area contributed by atoms with Crippen molar-refractivity contribution in [3.8, 4) is 0 Å². The van der Waals surface area contributed by atoms with Gasteiger partial charge in [-0.3, -0.25) is 0 Å². The highest BCUT2D eigenvalue weighted by Crippen LogP contribution is 2.24. The number of carboxylic acids is 2. The van der Waals surface area contributed by atoms with Crippen LogP contribution in [0.25, 0.3) is 0 Å². The lowest BCUT2D eigenvalue weighted by Gasteiger charge is -2.21. The quantitative estimate of drug-likeness (QED) is 0.902. The molecule has 6 heteroatoms. The number of hydrogen-bond acceptors (Lipinski definition) is 4. The van der Waals surface area contributed by atoms with Gasteiger partial charge in [0.2, 0.25) is 0 Å². The number of carboxylic acid groups (broad SMARTS) is 2. The monoisotopic (exact) mass is 312 g/mol. The van der Waals surface area contributed by atoms with Crippen LogP contribution in [-0.4, -0.2) is 41.9 Å². The molecule has 0 aromatic heterocycles. The fourth-order valence-electron chi connectivity index (χ4n) is 2.64. The molecule has 0 atom stereocenters. The van der Waals surface area contributed by atoms with Gasteiger partial charge in [0, 0.05) is 24.5 Å². The SMILES string of the molecule is O=C(O)c1ccc(N2CCN(c3ccc(C(=O)O)cc3)C2)cc1. The molecule has 118 valence electrons. The molecular weight excluding hydrogens is 296 g/mol. The highest BCUT2D eigenvalue weighted by molar-refractivity contribution is 5.88. The van der Waals surface area contributed by atoms with Crippen molar-refractivity contribution in [3.63, 3.8) is 0 Å². The van der Waals surface area contributed by atoms with Crippen LogP contribution in [-0.2, 0) is 0 Å². The number of anilines is 2. The van der Waals surface area contributed by atoms with E-state index in [9.17, 15) is 9.59 Å². The molecule has 1 saturated heterocycles. The average molecular weight is 312 g/mol. The summed E-state index contributed by atoms with van der Waals surface area (Å²) < 4.78 is 0. The van der Waals surface area contributed by atoms with E-state index in [1.807, 2.05) is 0 Å². The molecule has 1 aliphatic heterocycles. The van der Waals surface area contributed by atoms with Gasteiger partial charge in [-0.15, -0.1) is 0 Å². The molecule has 2 aromatic carbocycles. The zero-order chi connectivity index (χ0) is 16.4. The Kier molecular flexibility index (Phi) is 3.89. The Morgan fingerprint density at radius 2 is 1.04 bits per heavy atom. The third-order valence-electron chi connectivity index (χ3n) is 3.94. The Labute approximate surface area is 133 Å². The van der Waals surface area contributed by atoms with E-state index in [4.69, 9.17) is 10.2 Å². The van der Waals surface area contributed by atoms with E-state index in [0.29, 0.717) is 6.67 Å². The predicted octanol–water partition coefficient (Wildman–Crippen LogP) is 2.37. The first-order chi connectivity index (χ1) is 11.0. The van der Waals surface area contributed by atoms with E-state index in [1.165, 1.54) is 0 Å². The van der Waals surface area contributed by atoms with Crippen molar-refractivity contribution >= 4 is 23.3 Å². The van der Waals surface area contributed by atoms with Crippen LogP contribution in [0.3, 0.4) is 0 Å². The van der Waals surface area contributed by atoms with E-state index in [1.54, 1.807) is 48.5 Å². The number of aromatic carboxylic acids is 2. The lowest BCUT2D eigenvalue weighted by Crippen LogP contribution is -2.24. The molecular formula is C17H16N2O4. The highest BCUT2D eigenvalue weighted by Gasteiger charge is 2.21. The number of benzene rings is 2. The lowest BCUT2D eigenvalue weighted by atomic mass is 10.2. The van der Waals surface area contributed by atoms with E-state index in [0.717, 1.165) is 24.5 Å². The molecule has 0 aliphatic carbocycles. The number of nitrogens with zero attached hydrogens (tertiary/aromatic N) is 2. The first-order valence-electron chi connectivity index (χ1n) is 7.21. The highest BCUT2D eigenvalue weighted by atomic mass is 16.4. The lowest BCUT2D eigenvalue weighted by molar-refractivity contribution is 0.0686. The fourth-order valence-corrected chi connectivity index (χ4v) is 2.64. The molecule has 0 unspecified atom stereocenters. The second-order valence-electron chi connectivity index (χ2n) is 5.37. The summed E-state index contributed by atoms with van der Waals surface area (Å²) in [7, 11) is 0.